The van der Waals surface area contributed by atoms with Gasteiger partial charge in [0.2, 0.25) is 0 Å². The van der Waals surface area contributed by atoms with Crippen molar-refractivity contribution >= 4 is 0 Å². The van der Waals surface area contributed by atoms with Crippen molar-refractivity contribution in [3.05, 3.63) is 12.2 Å². The molecule has 0 aromatic rings. The molecule has 0 saturated heterocycles. The summed E-state index contributed by atoms with van der Waals surface area (Å²) in [6, 6.07) is 2.43. The highest BCUT2D eigenvalue weighted by Gasteiger charge is 2.33. The molecule has 0 amide bonds. The number of hydrogen-bond donors (Lipinski definition) is 0. The van der Waals surface area contributed by atoms with E-state index in [4.69, 9.17) is 5.26 Å². The lowest BCUT2D eigenvalue weighted by Crippen LogP contribution is -2.28. The van der Waals surface area contributed by atoms with E-state index in [1.807, 2.05) is 0 Å². The molecule has 0 radical (unpaired) electrons. The predicted molar refractivity (Wildman–Crippen MR) is 55.0 cm³/mol. The van der Waals surface area contributed by atoms with Crippen molar-refractivity contribution in [1.29, 1.82) is 5.26 Å². The minimum Gasteiger partial charge on any atom is -0.198 e. The molecule has 1 rings (SSSR count). The summed E-state index contributed by atoms with van der Waals surface area (Å²) in [6.07, 6.45) is 5.53. The summed E-state index contributed by atoms with van der Waals surface area (Å²) in [7, 11) is 0. The van der Waals surface area contributed by atoms with Crippen LogP contribution in [-0.4, -0.2) is 0 Å². The van der Waals surface area contributed by atoms with Gasteiger partial charge in [0.05, 0.1) is 12.0 Å². The van der Waals surface area contributed by atoms with Gasteiger partial charge >= 0.3 is 0 Å². The van der Waals surface area contributed by atoms with Crippen molar-refractivity contribution in [1.82, 2.24) is 0 Å². The summed E-state index contributed by atoms with van der Waals surface area (Å²) in [5.74, 6) is 1.44. The molecule has 0 fully saturated rings. The topological polar surface area (TPSA) is 23.8 Å². The maximum absolute atomic E-state index is 9.04. The Morgan fingerprint density at radius 3 is 2.54 bits per heavy atom. The van der Waals surface area contributed by atoms with Crippen molar-refractivity contribution in [3.63, 3.8) is 0 Å². The van der Waals surface area contributed by atoms with E-state index < -0.39 is 0 Å². The summed E-state index contributed by atoms with van der Waals surface area (Å²) < 4.78 is 0. The van der Waals surface area contributed by atoms with E-state index in [-0.39, 0.29) is 11.3 Å². The molecule has 2 unspecified atom stereocenters. The first-order valence-corrected chi connectivity index (χ1v) is 5.06. The van der Waals surface area contributed by atoms with Crippen LogP contribution in [0, 0.1) is 34.5 Å². The minimum absolute atomic E-state index is 0.0696. The molecule has 0 aromatic carbocycles. The van der Waals surface area contributed by atoms with Crippen molar-refractivity contribution in [2.45, 2.75) is 34.1 Å². The van der Waals surface area contributed by atoms with Crippen LogP contribution in [0.2, 0.25) is 0 Å². The van der Waals surface area contributed by atoms with Crippen LogP contribution in [0.25, 0.3) is 0 Å². The third kappa shape index (κ3) is 2.12. The molecule has 0 heterocycles. The Hall–Kier alpha value is -0.770. The van der Waals surface area contributed by atoms with E-state index in [2.05, 4.69) is 45.9 Å². The highest BCUT2D eigenvalue weighted by atomic mass is 14.4. The van der Waals surface area contributed by atoms with Crippen molar-refractivity contribution in [2.24, 2.45) is 23.2 Å². The van der Waals surface area contributed by atoms with Crippen LogP contribution in [0.5, 0.6) is 0 Å². The Balaban J connectivity index is 2.81. The Morgan fingerprint density at radius 2 is 2.08 bits per heavy atom. The summed E-state index contributed by atoms with van der Waals surface area (Å²) >= 11 is 0. The highest BCUT2D eigenvalue weighted by molar-refractivity contribution is 5.12. The van der Waals surface area contributed by atoms with Crippen LogP contribution in [0.4, 0.5) is 0 Å². The summed E-state index contributed by atoms with van der Waals surface area (Å²) in [6.45, 7) is 8.74. The lowest BCUT2D eigenvalue weighted by Gasteiger charge is -2.34. The molecule has 13 heavy (non-hydrogen) atoms. The molecule has 0 aromatic heterocycles. The van der Waals surface area contributed by atoms with Gasteiger partial charge in [-0.3, -0.25) is 0 Å². The summed E-state index contributed by atoms with van der Waals surface area (Å²) in [5.41, 5.74) is 0.0696. The summed E-state index contributed by atoms with van der Waals surface area (Å²) in [4.78, 5) is 0. The van der Waals surface area contributed by atoms with Crippen molar-refractivity contribution in [2.75, 3.05) is 0 Å². The third-order valence-corrected chi connectivity index (χ3v) is 3.19. The monoisotopic (exact) mass is 177 g/mol. The average Bonchev–Trinajstić information content (AvgIpc) is 2.03. The Morgan fingerprint density at radius 1 is 1.46 bits per heavy atom. The average molecular weight is 177 g/mol. The number of allylic oxidation sites excluding steroid dienone is 2. The molecule has 0 N–H and O–H groups in total. The lowest BCUT2D eigenvalue weighted by molar-refractivity contribution is 0.252. The van der Waals surface area contributed by atoms with Crippen LogP contribution in [0.15, 0.2) is 12.2 Å². The Kier molecular flexibility index (Phi) is 2.81. The molecule has 1 aliphatic rings. The lowest BCUT2D eigenvalue weighted by atomic mass is 9.68. The maximum Gasteiger partial charge on any atom is 0.0664 e. The van der Waals surface area contributed by atoms with Crippen LogP contribution < -0.4 is 0 Å². The standard InChI is InChI=1S/C12H19N/c1-9(2)10-5-6-12(3,4)11(7-10)8-13/h5-6,9-11H,7H2,1-4H3. The molecule has 0 saturated carbocycles. The number of rotatable bonds is 1. The van der Waals surface area contributed by atoms with Crippen molar-refractivity contribution in [3.8, 4) is 6.07 Å². The molecule has 1 aliphatic carbocycles. The van der Waals surface area contributed by atoms with Crippen LogP contribution >= 0.6 is 0 Å². The molecule has 0 aliphatic heterocycles. The zero-order valence-electron chi connectivity index (χ0n) is 9.04. The first kappa shape index (κ1) is 10.3. The van der Waals surface area contributed by atoms with Gasteiger partial charge in [0, 0.05) is 0 Å². The minimum atomic E-state index is 0.0696. The third-order valence-electron chi connectivity index (χ3n) is 3.19. The fourth-order valence-electron chi connectivity index (χ4n) is 1.86. The molecular formula is C12H19N. The van der Waals surface area contributed by atoms with Gasteiger partial charge < -0.3 is 0 Å². The van der Waals surface area contributed by atoms with Gasteiger partial charge in [-0.15, -0.1) is 0 Å². The second-order valence-electron chi connectivity index (χ2n) is 5.01. The smallest absolute Gasteiger partial charge is 0.0664 e. The number of hydrogen-bond acceptors (Lipinski definition) is 1. The number of nitriles is 1. The molecule has 1 heteroatoms. The predicted octanol–water partition coefficient (Wildman–Crippen LogP) is 3.38. The largest absolute Gasteiger partial charge is 0.198 e. The van der Waals surface area contributed by atoms with E-state index in [9.17, 15) is 0 Å². The van der Waals surface area contributed by atoms with Gasteiger partial charge in [-0.05, 0) is 23.7 Å². The quantitative estimate of drug-likeness (QED) is 0.563. The maximum atomic E-state index is 9.04. The summed E-state index contributed by atoms with van der Waals surface area (Å²) in [5, 5.41) is 9.04. The van der Waals surface area contributed by atoms with Gasteiger partial charge in [-0.25, -0.2) is 0 Å². The highest BCUT2D eigenvalue weighted by Crippen LogP contribution is 2.39. The molecule has 1 nitrogen and oxygen atoms in total. The van der Waals surface area contributed by atoms with E-state index >= 15 is 0 Å². The van der Waals surface area contributed by atoms with E-state index in [1.54, 1.807) is 0 Å². The second-order valence-corrected chi connectivity index (χ2v) is 5.01. The zero-order chi connectivity index (χ0) is 10.1. The number of nitrogens with zero attached hydrogens (tertiary/aromatic N) is 1. The first-order chi connectivity index (χ1) is 5.97. The first-order valence-electron chi connectivity index (χ1n) is 5.06. The molecule has 72 valence electrons. The van der Waals surface area contributed by atoms with Crippen LogP contribution in [0.3, 0.4) is 0 Å². The second kappa shape index (κ2) is 3.54. The van der Waals surface area contributed by atoms with Gasteiger partial charge in [-0.1, -0.05) is 39.8 Å². The van der Waals surface area contributed by atoms with E-state index in [1.165, 1.54) is 0 Å². The molecular weight excluding hydrogens is 158 g/mol. The van der Waals surface area contributed by atoms with Crippen molar-refractivity contribution < 1.29 is 0 Å². The van der Waals surface area contributed by atoms with E-state index in [0.29, 0.717) is 11.8 Å². The van der Waals surface area contributed by atoms with Gasteiger partial charge in [0.15, 0.2) is 0 Å². The zero-order valence-corrected chi connectivity index (χ0v) is 9.04. The Labute approximate surface area is 81.5 Å². The van der Waals surface area contributed by atoms with Crippen LogP contribution in [-0.2, 0) is 0 Å². The molecule has 2 atom stereocenters. The van der Waals surface area contributed by atoms with Crippen LogP contribution in [0.1, 0.15) is 34.1 Å². The van der Waals surface area contributed by atoms with E-state index in [0.717, 1.165) is 6.42 Å². The fourth-order valence-corrected chi connectivity index (χ4v) is 1.86. The normalized spacial score (nSPS) is 31.7. The molecule has 0 bridgehead atoms. The van der Waals surface area contributed by atoms with Gasteiger partial charge in [0.25, 0.3) is 0 Å². The Bertz CT molecular complexity index is 242. The fraction of sp³-hybridized carbons (Fsp3) is 0.750. The van der Waals surface area contributed by atoms with Gasteiger partial charge in [0.1, 0.15) is 0 Å². The van der Waals surface area contributed by atoms with Gasteiger partial charge in [-0.2, -0.15) is 5.26 Å². The SMILES string of the molecule is CC(C)C1C=CC(C)(C)C(C#N)C1. The molecule has 0 spiro atoms.